The van der Waals surface area contributed by atoms with Crippen molar-refractivity contribution in [3.8, 4) is 11.1 Å². The van der Waals surface area contributed by atoms with E-state index in [2.05, 4.69) is 15.9 Å². The van der Waals surface area contributed by atoms with Crippen molar-refractivity contribution in [1.82, 2.24) is 0 Å². The van der Waals surface area contributed by atoms with E-state index < -0.39 is 5.97 Å². The lowest BCUT2D eigenvalue weighted by molar-refractivity contribution is -0.136. The Kier molecular flexibility index (Phi) is 5.00. The molecule has 1 aromatic rings. The molecule has 0 heterocycles. The molecule has 3 rings (SSSR count). The summed E-state index contributed by atoms with van der Waals surface area (Å²) in [6.45, 7) is 1.91. The Morgan fingerprint density at radius 3 is 2.24 bits per heavy atom. The summed E-state index contributed by atoms with van der Waals surface area (Å²) in [6.07, 6.45) is 0.458. The molecule has 0 radical (unpaired) electrons. The van der Waals surface area contributed by atoms with Crippen LogP contribution < -0.4 is 0 Å². The maximum Gasteiger partial charge on any atom is 0.303 e. The second-order valence-electron chi connectivity index (χ2n) is 5.95. The maximum atomic E-state index is 13.1. The molecule has 0 spiro atoms. The molecule has 4 heteroatoms. The van der Waals surface area contributed by atoms with Crippen molar-refractivity contribution in [2.75, 3.05) is 0 Å². The van der Waals surface area contributed by atoms with Gasteiger partial charge >= 0.3 is 5.97 Å². The van der Waals surface area contributed by atoms with Crippen LogP contribution >= 0.6 is 15.9 Å². The highest BCUT2D eigenvalue weighted by atomic mass is 79.9. The van der Waals surface area contributed by atoms with Crippen LogP contribution in [0.15, 0.2) is 59.1 Å². The number of carbonyl (C=O) groups excluding carboxylic acids is 1. The van der Waals surface area contributed by atoms with E-state index in [9.17, 15) is 9.59 Å². The lowest BCUT2D eigenvalue weighted by atomic mass is 9.99. The van der Waals surface area contributed by atoms with E-state index in [1.807, 2.05) is 49.4 Å². The molecule has 0 atom stereocenters. The van der Waals surface area contributed by atoms with Gasteiger partial charge in [-0.15, -0.1) is 0 Å². The molecular formula is C21H17BrO3. The van der Waals surface area contributed by atoms with Crippen LogP contribution in [0, 0.1) is 6.92 Å². The van der Waals surface area contributed by atoms with Gasteiger partial charge in [-0.1, -0.05) is 46.3 Å². The van der Waals surface area contributed by atoms with Gasteiger partial charge in [0.25, 0.3) is 0 Å². The fourth-order valence-corrected chi connectivity index (χ4v) is 3.44. The lowest BCUT2D eigenvalue weighted by Gasteiger charge is -2.04. The number of rotatable bonds is 5. The van der Waals surface area contributed by atoms with Gasteiger partial charge in [0.05, 0.1) is 0 Å². The molecule has 0 saturated carbocycles. The quantitative estimate of drug-likeness (QED) is 0.609. The van der Waals surface area contributed by atoms with Crippen LogP contribution in [0.5, 0.6) is 0 Å². The third kappa shape index (κ3) is 3.49. The second-order valence-corrected chi connectivity index (χ2v) is 6.86. The first kappa shape index (κ1) is 17.4. The smallest absolute Gasteiger partial charge is 0.303 e. The Bertz CT molecular complexity index is 913. The summed E-state index contributed by atoms with van der Waals surface area (Å²) >= 11 is 3.38. The Morgan fingerprint density at radius 1 is 0.960 bits per heavy atom. The van der Waals surface area contributed by atoms with Crippen molar-refractivity contribution in [3.63, 3.8) is 0 Å². The number of benzene rings is 1. The zero-order valence-corrected chi connectivity index (χ0v) is 15.3. The van der Waals surface area contributed by atoms with Gasteiger partial charge in [-0.2, -0.15) is 0 Å². The Balaban J connectivity index is 2.14. The van der Waals surface area contributed by atoms with Gasteiger partial charge in [0.2, 0.25) is 0 Å². The average Bonchev–Trinajstić information content (AvgIpc) is 2.72. The minimum absolute atomic E-state index is 0.0391. The zero-order valence-electron chi connectivity index (χ0n) is 13.8. The molecule has 126 valence electrons. The predicted octanol–water partition coefficient (Wildman–Crippen LogP) is 5.11. The summed E-state index contributed by atoms with van der Waals surface area (Å²) in [6, 6.07) is 16.9. The van der Waals surface area contributed by atoms with Crippen molar-refractivity contribution in [2.24, 2.45) is 0 Å². The fraction of sp³-hybridized carbons (Fsp3) is 0.143. The van der Waals surface area contributed by atoms with Gasteiger partial charge in [0.15, 0.2) is 5.78 Å². The van der Waals surface area contributed by atoms with E-state index in [4.69, 9.17) is 5.11 Å². The van der Waals surface area contributed by atoms with E-state index in [0.29, 0.717) is 17.5 Å². The van der Waals surface area contributed by atoms with Crippen LogP contribution in [0.3, 0.4) is 0 Å². The number of carbonyl (C=O) groups is 2. The molecule has 0 bridgehead atoms. The van der Waals surface area contributed by atoms with E-state index in [1.165, 1.54) is 0 Å². The molecule has 2 aliphatic carbocycles. The monoisotopic (exact) mass is 396 g/mol. The summed E-state index contributed by atoms with van der Waals surface area (Å²) in [4.78, 5) is 24.1. The number of halogens is 1. The fourth-order valence-electron chi connectivity index (χ4n) is 3.18. The molecule has 0 fully saturated rings. The van der Waals surface area contributed by atoms with Crippen LogP contribution in [-0.2, 0) is 11.2 Å². The number of ketones is 1. The van der Waals surface area contributed by atoms with E-state index in [1.54, 1.807) is 12.1 Å². The van der Waals surface area contributed by atoms with Crippen LogP contribution in [0.4, 0.5) is 0 Å². The SMILES string of the molecule is Cc1c(CCC(=O)O)c2cccccc-2c1C(=O)c1ccc(Br)cc1. The van der Waals surface area contributed by atoms with E-state index in [-0.39, 0.29) is 12.2 Å². The summed E-state index contributed by atoms with van der Waals surface area (Å²) in [5.74, 6) is -0.877. The number of hydrogen-bond acceptors (Lipinski definition) is 2. The average molecular weight is 397 g/mol. The highest BCUT2D eigenvalue weighted by Gasteiger charge is 2.25. The van der Waals surface area contributed by atoms with Gasteiger partial charge in [0, 0.05) is 22.0 Å². The summed E-state index contributed by atoms with van der Waals surface area (Å²) in [5.41, 5.74) is 4.91. The minimum Gasteiger partial charge on any atom is -0.481 e. The molecule has 1 N–H and O–H groups in total. The van der Waals surface area contributed by atoms with Crippen LogP contribution in [0.25, 0.3) is 11.1 Å². The standard InChI is InChI=1S/C21H17BrO3/c1-13-16(11-12-19(23)24)17-5-3-2-4-6-18(17)20(13)21(25)14-7-9-15(22)10-8-14/h2-10H,11-12H2,1H3,(H,23,24). The van der Waals surface area contributed by atoms with Crippen molar-refractivity contribution < 1.29 is 14.7 Å². The number of aliphatic carboxylic acids is 1. The number of carboxylic acids is 1. The minimum atomic E-state index is -0.838. The van der Waals surface area contributed by atoms with E-state index in [0.717, 1.165) is 26.7 Å². The van der Waals surface area contributed by atoms with Crippen molar-refractivity contribution in [3.05, 3.63) is 81.3 Å². The molecular weight excluding hydrogens is 380 g/mol. The van der Waals surface area contributed by atoms with Gasteiger partial charge in [-0.3, -0.25) is 9.59 Å². The van der Waals surface area contributed by atoms with Crippen molar-refractivity contribution >= 4 is 27.7 Å². The Morgan fingerprint density at radius 2 is 1.60 bits per heavy atom. The Hall–Kier alpha value is -2.46. The summed E-state index contributed by atoms with van der Waals surface area (Å²) in [5, 5.41) is 9.04. The normalized spacial score (nSPS) is 10.8. The molecule has 0 saturated heterocycles. The lowest BCUT2D eigenvalue weighted by Crippen LogP contribution is -2.03. The predicted molar refractivity (Wildman–Crippen MR) is 101 cm³/mol. The topological polar surface area (TPSA) is 54.4 Å². The van der Waals surface area contributed by atoms with Crippen molar-refractivity contribution in [2.45, 2.75) is 19.8 Å². The van der Waals surface area contributed by atoms with Crippen LogP contribution in [-0.4, -0.2) is 16.9 Å². The Labute approximate surface area is 154 Å². The molecule has 25 heavy (non-hydrogen) atoms. The first-order valence-electron chi connectivity index (χ1n) is 8.01. The third-order valence-electron chi connectivity index (χ3n) is 4.38. The molecule has 0 aliphatic heterocycles. The first-order valence-corrected chi connectivity index (χ1v) is 8.80. The summed E-state index contributed by atoms with van der Waals surface area (Å²) < 4.78 is 0.918. The van der Waals surface area contributed by atoms with Gasteiger partial charge in [0.1, 0.15) is 0 Å². The zero-order chi connectivity index (χ0) is 18.0. The van der Waals surface area contributed by atoms with Gasteiger partial charge in [-0.05, 0) is 59.9 Å². The highest BCUT2D eigenvalue weighted by Crippen LogP contribution is 2.38. The number of hydrogen-bond donors (Lipinski definition) is 1. The first-order chi connectivity index (χ1) is 12.0. The molecule has 3 nitrogen and oxygen atoms in total. The molecule has 2 aliphatic rings. The molecule has 1 aromatic carbocycles. The second kappa shape index (κ2) is 7.19. The molecule has 0 amide bonds. The van der Waals surface area contributed by atoms with Crippen LogP contribution in [0.2, 0.25) is 0 Å². The van der Waals surface area contributed by atoms with Crippen LogP contribution in [0.1, 0.15) is 33.5 Å². The number of fused-ring (bicyclic) bond motifs is 1. The van der Waals surface area contributed by atoms with Gasteiger partial charge in [-0.25, -0.2) is 0 Å². The molecule has 0 unspecified atom stereocenters. The maximum absolute atomic E-state index is 13.1. The highest BCUT2D eigenvalue weighted by molar-refractivity contribution is 9.10. The van der Waals surface area contributed by atoms with E-state index >= 15 is 0 Å². The number of carboxylic acid groups (broad SMARTS) is 1. The third-order valence-corrected chi connectivity index (χ3v) is 4.91. The van der Waals surface area contributed by atoms with Gasteiger partial charge < -0.3 is 5.11 Å². The largest absolute Gasteiger partial charge is 0.481 e. The van der Waals surface area contributed by atoms with Crippen molar-refractivity contribution in [1.29, 1.82) is 0 Å². The molecule has 0 aromatic heterocycles. The summed E-state index contributed by atoms with van der Waals surface area (Å²) in [7, 11) is 0.